The molecule has 15 heavy (non-hydrogen) atoms. The number of hydrogen-bond acceptors (Lipinski definition) is 2. The van der Waals surface area contributed by atoms with Gasteiger partial charge in [0, 0.05) is 16.1 Å². The van der Waals surface area contributed by atoms with Crippen molar-refractivity contribution in [3.8, 4) is 5.75 Å². The maximum absolute atomic E-state index is 9.70. The third-order valence-corrected chi connectivity index (χ3v) is 3.84. The van der Waals surface area contributed by atoms with Gasteiger partial charge in [0.1, 0.15) is 5.75 Å². The number of nitrogens with one attached hydrogen (secondary N) is 1. The average Bonchev–Trinajstić information content (AvgIpc) is 2.66. The Labute approximate surface area is 98.8 Å². The lowest BCUT2D eigenvalue weighted by Crippen LogP contribution is -2.23. The fourth-order valence-electron chi connectivity index (χ4n) is 2.05. The van der Waals surface area contributed by atoms with E-state index in [0.717, 1.165) is 23.0 Å². The van der Waals surface area contributed by atoms with Gasteiger partial charge in [0.05, 0.1) is 0 Å². The molecule has 1 aliphatic rings. The van der Waals surface area contributed by atoms with E-state index in [4.69, 9.17) is 0 Å². The predicted molar refractivity (Wildman–Crippen MR) is 65.3 cm³/mol. The van der Waals surface area contributed by atoms with Gasteiger partial charge in [-0.15, -0.1) is 0 Å². The Hall–Kier alpha value is -0.540. The Morgan fingerprint density at radius 3 is 2.93 bits per heavy atom. The standard InChI is InChI=1S/C12H16BrNO/c1-8-11(13)6-9(7-12(8)15)5-10-3-2-4-14-10/h6-7,10,14-15H,2-5H2,1H3. The molecular weight excluding hydrogens is 254 g/mol. The highest BCUT2D eigenvalue weighted by Crippen LogP contribution is 2.28. The molecule has 0 aromatic heterocycles. The van der Waals surface area contributed by atoms with Crippen molar-refractivity contribution in [2.24, 2.45) is 0 Å². The maximum atomic E-state index is 9.70. The molecule has 0 spiro atoms. The minimum absolute atomic E-state index is 0.386. The quantitative estimate of drug-likeness (QED) is 0.866. The summed E-state index contributed by atoms with van der Waals surface area (Å²) in [5.41, 5.74) is 2.11. The maximum Gasteiger partial charge on any atom is 0.119 e. The summed E-state index contributed by atoms with van der Waals surface area (Å²) in [6, 6.07) is 4.56. The smallest absolute Gasteiger partial charge is 0.119 e. The van der Waals surface area contributed by atoms with Gasteiger partial charge in [-0.2, -0.15) is 0 Å². The van der Waals surface area contributed by atoms with Crippen molar-refractivity contribution in [1.29, 1.82) is 0 Å². The minimum atomic E-state index is 0.386. The van der Waals surface area contributed by atoms with Crippen LogP contribution in [0.2, 0.25) is 0 Å². The zero-order valence-electron chi connectivity index (χ0n) is 8.89. The SMILES string of the molecule is Cc1c(O)cc(CC2CCCN2)cc1Br. The van der Waals surface area contributed by atoms with Gasteiger partial charge in [0.2, 0.25) is 0 Å². The van der Waals surface area contributed by atoms with Crippen LogP contribution >= 0.6 is 15.9 Å². The van der Waals surface area contributed by atoms with Gasteiger partial charge in [-0.05, 0) is 50.4 Å². The topological polar surface area (TPSA) is 32.3 Å². The normalized spacial score (nSPS) is 20.8. The predicted octanol–water partition coefficient (Wildman–Crippen LogP) is 2.76. The number of hydrogen-bond donors (Lipinski definition) is 2. The molecule has 1 fully saturated rings. The zero-order valence-corrected chi connectivity index (χ0v) is 10.5. The summed E-state index contributed by atoms with van der Waals surface area (Å²) >= 11 is 3.47. The van der Waals surface area contributed by atoms with Crippen molar-refractivity contribution in [1.82, 2.24) is 5.32 Å². The highest BCUT2D eigenvalue weighted by molar-refractivity contribution is 9.10. The van der Waals surface area contributed by atoms with E-state index in [9.17, 15) is 5.11 Å². The molecule has 0 bridgehead atoms. The number of halogens is 1. The average molecular weight is 270 g/mol. The van der Waals surface area contributed by atoms with E-state index in [1.807, 2.05) is 13.0 Å². The molecule has 1 heterocycles. The Morgan fingerprint density at radius 2 is 2.33 bits per heavy atom. The summed E-state index contributed by atoms with van der Waals surface area (Å²) in [5, 5.41) is 13.2. The number of phenols is 1. The van der Waals surface area contributed by atoms with Crippen LogP contribution in [0.1, 0.15) is 24.0 Å². The molecule has 2 N–H and O–H groups in total. The van der Waals surface area contributed by atoms with Gasteiger partial charge in [0.25, 0.3) is 0 Å². The van der Waals surface area contributed by atoms with Gasteiger partial charge in [-0.3, -0.25) is 0 Å². The van der Waals surface area contributed by atoms with E-state index in [2.05, 4.69) is 27.3 Å². The van der Waals surface area contributed by atoms with Crippen LogP contribution in [0.3, 0.4) is 0 Å². The van der Waals surface area contributed by atoms with Crippen molar-refractivity contribution < 1.29 is 5.11 Å². The van der Waals surface area contributed by atoms with Crippen LogP contribution in [0.5, 0.6) is 5.75 Å². The van der Waals surface area contributed by atoms with Crippen LogP contribution in [-0.2, 0) is 6.42 Å². The lowest BCUT2D eigenvalue weighted by Gasteiger charge is -2.12. The van der Waals surface area contributed by atoms with Crippen molar-refractivity contribution in [3.05, 3.63) is 27.7 Å². The van der Waals surface area contributed by atoms with Crippen LogP contribution in [-0.4, -0.2) is 17.7 Å². The van der Waals surface area contributed by atoms with Gasteiger partial charge in [-0.1, -0.05) is 15.9 Å². The van der Waals surface area contributed by atoms with Crippen LogP contribution in [0.15, 0.2) is 16.6 Å². The molecule has 2 nitrogen and oxygen atoms in total. The van der Waals surface area contributed by atoms with Gasteiger partial charge >= 0.3 is 0 Å². The molecule has 0 amide bonds. The van der Waals surface area contributed by atoms with Gasteiger partial charge < -0.3 is 10.4 Å². The summed E-state index contributed by atoms with van der Waals surface area (Å²) in [7, 11) is 0. The largest absolute Gasteiger partial charge is 0.508 e. The van der Waals surface area contributed by atoms with Crippen molar-refractivity contribution in [2.75, 3.05) is 6.54 Å². The molecule has 1 saturated heterocycles. The Balaban J connectivity index is 2.14. The first-order valence-corrected chi connectivity index (χ1v) is 6.17. The minimum Gasteiger partial charge on any atom is -0.508 e. The number of phenolic OH excluding ortho intramolecular Hbond substituents is 1. The molecule has 0 radical (unpaired) electrons. The summed E-state index contributed by atoms with van der Waals surface area (Å²) in [4.78, 5) is 0. The molecule has 3 heteroatoms. The Bertz CT molecular complexity index is 336. The number of aromatic hydroxyl groups is 1. The van der Waals surface area contributed by atoms with Crippen molar-refractivity contribution in [2.45, 2.75) is 32.2 Å². The molecule has 1 aromatic carbocycles. The lowest BCUT2D eigenvalue weighted by molar-refractivity contribution is 0.469. The fraction of sp³-hybridized carbons (Fsp3) is 0.500. The van der Waals surface area contributed by atoms with E-state index in [-0.39, 0.29) is 0 Å². The Morgan fingerprint density at radius 1 is 1.53 bits per heavy atom. The van der Waals surface area contributed by atoms with Crippen LogP contribution in [0.4, 0.5) is 0 Å². The molecule has 1 atom stereocenters. The molecule has 0 aliphatic carbocycles. The summed E-state index contributed by atoms with van der Waals surface area (Å²) < 4.78 is 0.996. The Kier molecular flexibility index (Phi) is 3.32. The summed E-state index contributed by atoms with van der Waals surface area (Å²) in [6.07, 6.45) is 3.52. The molecule has 1 aliphatic heterocycles. The molecule has 1 unspecified atom stereocenters. The second kappa shape index (κ2) is 4.54. The second-order valence-electron chi connectivity index (χ2n) is 4.22. The molecule has 0 saturated carbocycles. The first kappa shape index (κ1) is 11.0. The van der Waals surface area contributed by atoms with E-state index in [1.54, 1.807) is 0 Å². The van der Waals surface area contributed by atoms with E-state index < -0.39 is 0 Å². The lowest BCUT2D eigenvalue weighted by atomic mass is 10.0. The molecule has 2 rings (SSSR count). The number of rotatable bonds is 2. The van der Waals surface area contributed by atoms with Crippen LogP contribution in [0, 0.1) is 6.92 Å². The third-order valence-electron chi connectivity index (χ3n) is 3.02. The summed E-state index contributed by atoms with van der Waals surface area (Å²) in [6.45, 7) is 3.04. The first-order chi connectivity index (χ1) is 7.16. The summed E-state index contributed by atoms with van der Waals surface area (Å²) in [5.74, 6) is 0.386. The van der Waals surface area contributed by atoms with E-state index in [1.165, 1.54) is 18.4 Å². The zero-order chi connectivity index (χ0) is 10.8. The number of benzene rings is 1. The van der Waals surface area contributed by atoms with Crippen molar-refractivity contribution >= 4 is 15.9 Å². The van der Waals surface area contributed by atoms with Gasteiger partial charge in [0.15, 0.2) is 0 Å². The third kappa shape index (κ3) is 2.52. The monoisotopic (exact) mass is 269 g/mol. The van der Waals surface area contributed by atoms with Crippen LogP contribution < -0.4 is 5.32 Å². The second-order valence-corrected chi connectivity index (χ2v) is 5.07. The molecular formula is C12H16BrNO. The molecule has 1 aromatic rings. The van der Waals surface area contributed by atoms with Crippen LogP contribution in [0.25, 0.3) is 0 Å². The fourth-order valence-corrected chi connectivity index (χ4v) is 2.55. The highest BCUT2D eigenvalue weighted by Gasteiger charge is 2.15. The highest BCUT2D eigenvalue weighted by atomic mass is 79.9. The van der Waals surface area contributed by atoms with E-state index in [0.29, 0.717) is 11.8 Å². The molecule has 82 valence electrons. The van der Waals surface area contributed by atoms with Crippen molar-refractivity contribution in [3.63, 3.8) is 0 Å². The first-order valence-electron chi connectivity index (χ1n) is 5.38. The van der Waals surface area contributed by atoms with E-state index >= 15 is 0 Å². The van der Waals surface area contributed by atoms with Gasteiger partial charge in [-0.25, -0.2) is 0 Å².